The quantitative estimate of drug-likeness (QED) is 0.506. The average molecular weight is 295 g/mol. The molecule has 1 saturated heterocycles. The largest absolute Gasteiger partial charge is 0.497 e. The lowest BCUT2D eigenvalue weighted by atomic mass is 10.3. The molecule has 20 heavy (non-hydrogen) atoms. The van der Waals surface area contributed by atoms with Gasteiger partial charge in [-0.15, -0.1) is 0 Å². The number of thioether (sulfide) groups is 1. The SMILES string of the molecule is COc1ccc(OCCN=C(N)N2CCSCC2)cc1. The molecule has 1 heterocycles. The van der Waals surface area contributed by atoms with Crippen LogP contribution in [-0.2, 0) is 0 Å². The van der Waals surface area contributed by atoms with E-state index in [9.17, 15) is 0 Å². The Morgan fingerprint density at radius 3 is 2.55 bits per heavy atom. The van der Waals surface area contributed by atoms with Crippen LogP contribution in [0, 0.1) is 0 Å². The molecule has 0 unspecified atom stereocenters. The van der Waals surface area contributed by atoms with Gasteiger partial charge in [0.25, 0.3) is 0 Å². The predicted molar refractivity (Wildman–Crippen MR) is 83.9 cm³/mol. The molecule has 1 aromatic carbocycles. The normalized spacial score (nSPS) is 16.1. The second-order valence-electron chi connectivity index (χ2n) is 4.36. The number of nitrogens with zero attached hydrogens (tertiary/aromatic N) is 2. The molecule has 0 spiro atoms. The molecule has 1 aliphatic heterocycles. The number of hydrogen-bond donors (Lipinski definition) is 1. The first kappa shape index (κ1) is 14.8. The van der Waals surface area contributed by atoms with E-state index in [1.54, 1.807) is 7.11 Å². The molecule has 0 amide bonds. The maximum absolute atomic E-state index is 5.96. The molecule has 2 rings (SSSR count). The Balaban J connectivity index is 1.71. The fourth-order valence-electron chi connectivity index (χ4n) is 1.89. The van der Waals surface area contributed by atoms with Crippen molar-refractivity contribution in [2.75, 3.05) is 44.9 Å². The third-order valence-corrected chi connectivity index (χ3v) is 3.97. The number of aliphatic imine (C=N–C) groups is 1. The number of methoxy groups -OCH3 is 1. The van der Waals surface area contributed by atoms with Gasteiger partial charge in [-0.1, -0.05) is 0 Å². The van der Waals surface area contributed by atoms with E-state index in [1.165, 1.54) is 0 Å². The summed E-state index contributed by atoms with van der Waals surface area (Å²) >= 11 is 1.96. The third kappa shape index (κ3) is 4.52. The van der Waals surface area contributed by atoms with Crippen molar-refractivity contribution in [1.29, 1.82) is 0 Å². The van der Waals surface area contributed by atoms with Crippen LogP contribution in [0.25, 0.3) is 0 Å². The lowest BCUT2D eigenvalue weighted by Gasteiger charge is -2.27. The molecule has 1 fully saturated rings. The highest BCUT2D eigenvalue weighted by Crippen LogP contribution is 2.16. The van der Waals surface area contributed by atoms with E-state index in [0.717, 1.165) is 36.1 Å². The zero-order valence-corrected chi connectivity index (χ0v) is 12.6. The van der Waals surface area contributed by atoms with E-state index in [0.29, 0.717) is 19.1 Å². The highest BCUT2D eigenvalue weighted by Gasteiger charge is 2.11. The topological polar surface area (TPSA) is 60.1 Å². The van der Waals surface area contributed by atoms with Gasteiger partial charge in [-0.2, -0.15) is 11.8 Å². The molecular weight excluding hydrogens is 274 g/mol. The van der Waals surface area contributed by atoms with Crippen LogP contribution in [0.1, 0.15) is 0 Å². The van der Waals surface area contributed by atoms with Gasteiger partial charge in [0.05, 0.1) is 13.7 Å². The zero-order valence-electron chi connectivity index (χ0n) is 11.7. The van der Waals surface area contributed by atoms with Crippen LogP contribution < -0.4 is 15.2 Å². The van der Waals surface area contributed by atoms with Gasteiger partial charge in [-0.25, -0.2) is 4.99 Å². The van der Waals surface area contributed by atoms with Gasteiger partial charge in [0.2, 0.25) is 0 Å². The minimum absolute atomic E-state index is 0.523. The fraction of sp³-hybridized carbons (Fsp3) is 0.500. The summed E-state index contributed by atoms with van der Waals surface area (Å²) in [6, 6.07) is 7.51. The van der Waals surface area contributed by atoms with Crippen molar-refractivity contribution in [1.82, 2.24) is 4.90 Å². The summed E-state index contributed by atoms with van der Waals surface area (Å²) in [7, 11) is 1.65. The Hall–Kier alpha value is -1.56. The lowest BCUT2D eigenvalue weighted by molar-refractivity contribution is 0.326. The van der Waals surface area contributed by atoms with Crippen LogP contribution in [0.4, 0.5) is 0 Å². The van der Waals surface area contributed by atoms with Crippen LogP contribution in [0.5, 0.6) is 11.5 Å². The summed E-state index contributed by atoms with van der Waals surface area (Å²) in [6.45, 7) is 3.07. The lowest BCUT2D eigenvalue weighted by Crippen LogP contribution is -2.42. The first-order chi connectivity index (χ1) is 9.79. The van der Waals surface area contributed by atoms with Crippen molar-refractivity contribution in [3.8, 4) is 11.5 Å². The van der Waals surface area contributed by atoms with Crippen LogP contribution >= 0.6 is 11.8 Å². The molecule has 0 atom stereocenters. The monoisotopic (exact) mass is 295 g/mol. The molecular formula is C14H21N3O2S. The van der Waals surface area contributed by atoms with Crippen molar-refractivity contribution < 1.29 is 9.47 Å². The van der Waals surface area contributed by atoms with Crippen LogP contribution in [0.15, 0.2) is 29.3 Å². The molecule has 0 aromatic heterocycles. The van der Waals surface area contributed by atoms with Gasteiger partial charge >= 0.3 is 0 Å². The van der Waals surface area contributed by atoms with E-state index in [-0.39, 0.29) is 0 Å². The van der Waals surface area contributed by atoms with Crippen molar-refractivity contribution in [2.24, 2.45) is 10.7 Å². The van der Waals surface area contributed by atoms with Gasteiger partial charge in [0.1, 0.15) is 18.1 Å². The van der Waals surface area contributed by atoms with Crippen LogP contribution in [0.3, 0.4) is 0 Å². The van der Waals surface area contributed by atoms with E-state index in [4.69, 9.17) is 15.2 Å². The Morgan fingerprint density at radius 1 is 1.25 bits per heavy atom. The molecule has 6 heteroatoms. The summed E-state index contributed by atoms with van der Waals surface area (Å²) in [4.78, 5) is 6.49. The predicted octanol–water partition coefficient (Wildman–Crippen LogP) is 1.44. The van der Waals surface area contributed by atoms with Gasteiger partial charge in [0.15, 0.2) is 5.96 Å². The fourth-order valence-corrected chi connectivity index (χ4v) is 2.79. The van der Waals surface area contributed by atoms with Crippen molar-refractivity contribution in [2.45, 2.75) is 0 Å². The molecule has 1 aliphatic rings. The molecule has 0 saturated carbocycles. The minimum Gasteiger partial charge on any atom is -0.497 e. The molecule has 0 radical (unpaired) electrons. The van der Waals surface area contributed by atoms with Gasteiger partial charge < -0.3 is 20.1 Å². The molecule has 0 bridgehead atoms. The summed E-state index contributed by atoms with van der Waals surface area (Å²) in [5, 5.41) is 0. The van der Waals surface area contributed by atoms with Crippen molar-refractivity contribution in [3.05, 3.63) is 24.3 Å². The molecule has 110 valence electrons. The second-order valence-corrected chi connectivity index (χ2v) is 5.59. The maximum Gasteiger partial charge on any atom is 0.191 e. The summed E-state index contributed by atoms with van der Waals surface area (Å²) in [6.07, 6.45) is 0. The average Bonchev–Trinajstić information content (AvgIpc) is 2.53. The molecule has 1 aromatic rings. The summed E-state index contributed by atoms with van der Waals surface area (Å²) in [5.74, 6) is 4.51. The second kappa shape index (κ2) is 7.89. The number of rotatable bonds is 5. The Morgan fingerprint density at radius 2 is 1.90 bits per heavy atom. The first-order valence-corrected chi connectivity index (χ1v) is 7.84. The highest BCUT2D eigenvalue weighted by atomic mass is 32.2. The first-order valence-electron chi connectivity index (χ1n) is 6.69. The van der Waals surface area contributed by atoms with Crippen LogP contribution in [0.2, 0.25) is 0 Å². The Labute approximate surface area is 124 Å². The standard InChI is InChI=1S/C14H21N3O2S/c1-18-12-2-4-13(5-3-12)19-9-6-16-14(15)17-7-10-20-11-8-17/h2-5H,6-11H2,1H3,(H2,15,16). The van der Waals surface area contributed by atoms with Gasteiger partial charge in [-0.3, -0.25) is 0 Å². The smallest absolute Gasteiger partial charge is 0.191 e. The molecule has 0 aliphatic carbocycles. The van der Waals surface area contributed by atoms with E-state index in [1.807, 2.05) is 36.0 Å². The number of ether oxygens (including phenoxy) is 2. The van der Waals surface area contributed by atoms with E-state index < -0.39 is 0 Å². The van der Waals surface area contributed by atoms with E-state index in [2.05, 4.69) is 9.89 Å². The number of hydrogen-bond acceptors (Lipinski definition) is 4. The van der Waals surface area contributed by atoms with Crippen molar-refractivity contribution in [3.63, 3.8) is 0 Å². The number of nitrogens with two attached hydrogens (primary N) is 1. The van der Waals surface area contributed by atoms with E-state index >= 15 is 0 Å². The zero-order chi connectivity index (χ0) is 14.2. The third-order valence-electron chi connectivity index (χ3n) is 3.03. The van der Waals surface area contributed by atoms with Crippen LogP contribution in [-0.4, -0.2) is 55.7 Å². The van der Waals surface area contributed by atoms with Gasteiger partial charge in [0, 0.05) is 24.6 Å². The molecule has 5 nitrogen and oxygen atoms in total. The Kier molecular flexibility index (Phi) is 5.86. The minimum atomic E-state index is 0.523. The van der Waals surface area contributed by atoms with Crippen molar-refractivity contribution >= 4 is 17.7 Å². The number of guanidine groups is 1. The Bertz CT molecular complexity index is 431. The summed E-state index contributed by atoms with van der Waals surface area (Å²) in [5.41, 5.74) is 5.96. The molecule has 2 N–H and O–H groups in total. The number of benzene rings is 1. The summed E-state index contributed by atoms with van der Waals surface area (Å²) < 4.78 is 10.7. The van der Waals surface area contributed by atoms with Gasteiger partial charge in [-0.05, 0) is 24.3 Å². The maximum atomic E-state index is 5.96. The highest BCUT2D eigenvalue weighted by molar-refractivity contribution is 7.99.